The van der Waals surface area contributed by atoms with Crippen molar-refractivity contribution in [3.8, 4) is 0 Å². The first-order valence-electron chi connectivity index (χ1n) is 8.98. The number of aromatic amines is 1. The number of ether oxygens (including phenoxy) is 1. The molecule has 1 fully saturated rings. The molecule has 1 aliphatic heterocycles. The molecule has 1 aliphatic rings. The minimum absolute atomic E-state index is 0.00604. The molecule has 0 saturated carbocycles. The molecule has 10 nitrogen and oxygen atoms in total. The quantitative estimate of drug-likeness (QED) is 0.537. The lowest BCUT2D eigenvalue weighted by molar-refractivity contribution is -0.113. The first-order chi connectivity index (χ1) is 13.6. The molecule has 158 valence electrons. The van der Waals surface area contributed by atoms with Crippen LogP contribution in [0.5, 0.6) is 0 Å². The number of hydrogen-bond donors (Lipinski definition) is 3. The number of rotatable bonds is 7. The topological polar surface area (TPSA) is 149 Å². The molecule has 0 aliphatic carbocycles. The average Bonchev–Trinajstić information content (AvgIpc) is 3.27. The van der Waals surface area contributed by atoms with Gasteiger partial charge in [0.15, 0.2) is 5.16 Å². The Labute approximate surface area is 172 Å². The van der Waals surface area contributed by atoms with E-state index in [1.165, 1.54) is 16.7 Å². The summed E-state index contributed by atoms with van der Waals surface area (Å²) < 4.78 is 30.3. The minimum Gasteiger partial charge on any atom is -0.376 e. The van der Waals surface area contributed by atoms with Gasteiger partial charge in [0.25, 0.3) is 0 Å². The van der Waals surface area contributed by atoms with E-state index in [1.54, 1.807) is 13.8 Å². The summed E-state index contributed by atoms with van der Waals surface area (Å²) in [6, 6.07) is 2.80. The van der Waals surface area contributed by atoms with E-state index in [0.29, 0.717) is 29.6 Å². The van der Waals surface area contributed by atoms with Gasteiger partial charge in [-0.3, -0.25) is 9.36 Å². The molecule has 2 heterocycles. The summed E-state index contributed by atoms with van der Waals surface area (Å²) in [6.45, 7) is 4.58. The van der Waals surface area contributed by atoms with Crippen LogP contribution in [0.2, 0.25) is 0 Å². The lowest BCUT2D eigenvalue weighted by atomic mass is 10.1. The highest BCUT2D eigenvalue weighted by atomic mass is 32.2. The number of amides is 1. The fourth-order valence-electron chi connectivity index (χ4n) is 3.00. The summed E-state index contributed by atoms with van der Waals surface area (Å²) in [5.74, 6) is -0.364. The fourth-order valence-corrected chi connectivity index (χ4v) is 4.38. The third-order valence-electron chi connectivity index (χ3n) is 4.71. The number of anilines is 1. The fraction of sp³-hybridized carbons (Fsp3) is 0.471. The van der Waals surface area contributed by atoms with E-state index in [0.717, 1.165) is 30.2 Å². The number of benzene rings is 1. The molecule has 1 amide bonds. The average molecular weight is 442 g/mol. The van der Waals surface area contributed by atoms with Crippen LogP contribution in [0.1, 0.15) is 24.0 Å². The molecule has 29 heavy (non-hydrogen) atoms. The van der Waals surface area contributed by atoms with Crippen molar-refractivity contribution in [3.05, 3.63) is 33.7 Å². The van der Waals surface area contributed by atoms with Gasteiger partial charge in [-0.1, -0.05) is 11.8 Å². The summed E-state index contributed by atoms with van der Waals surface area (Å²) in [5, 5.41) is 14.7. The van der Waals surface area contributed by atoms with E-state index in [4.69, 9.17) is 9.88 Å². The predicted octanol–water partition coefficient (Wildman–Crippen LogP) is 0.745. The van der Waals surface area contributed by atoms with E-state index in [2.05, 4.69) is 15.5 Å². The second-order valence-electron chi connectivity index (χ2n) is 6.85. The van der Waals surface area contributed by atoms with Gasteiger partial charge in [0, 0.05) is 12.3 Å². The van der Waals surface area contributed by atoms with Crippen molar-refractivity contribution in [2.24, 2.45) is 5.14 Å². The number of thioether (sulfide) groups is 1. The number of hydrogen-bond acceptors (Lipinski definition) is 7. The van der Waals surface area contributed by atoms with Gasteiger partial charge in [-0.2, -0.15) is 0 Å². The van der Waals surface area contributed by atoms with Gasteiger partial charge in [-0.25, -0.2) is 23.4 Å². The van der Waals surface area contributed by atoms with Crippen LogP contribution in [0, 0.1) is 13.8 Å². The monoisotopic (exact) mass is 441 g/mol. The van der Waals surface area contributed by atoms with Crippen LogP contribution in [-0.2, 0) is 26.1 Å². The van der Waals surface area contributed by atoms with Gasteiger partial charge >= 0.3 is 5.69 Å². The predicted molar refractivity (Wildman–Crippen MR) is 108 cm³/mol. The molecule has 3 rings (SSSR count). The molecule has 1 unspecified atom stereocenters. The van der Waals surface area contributed by atoms with Crippen LogP contribution in [0.3, 0.4) is 0 Å². The Morgan fingerprint density at radius 3 is 2.86 bits per heavy atom. The summed E-state index contributed by atoms with van der Waals surface area (Å²) in [5.41, 5.74) is 1.46. The van der Waals surface area contributed by atoms with Crippen molar-refractivity contribution in [1.29, 1.82) is 0 Å². The van der Waals surface area contributed by atoms with Gasteiger partial charge in [0.05, 0.1) is 23.3 Å². The summed E-state index contributed by atoms with van der Waals surface area (Å²) in [4.78, 5) is 24.3. The number of primary sulfonamides is 1. The smallest absolute Gasteiger partial charge is 0.344 e. The summed E-state index contributed by atoms with van der Waals surface area (Å²) >= 11 is 1.11. The molecule has 0 bridgehead atoms. The lowest BCUT2D eigenvalue weighted by Gasteiger charge is -2.13. The van der Waals surface area contributed by atoms with E-state index < -0.39 is 10.0 Å². The van der Waals surface area contributed by atoms with Crippen LogP contribution >= 0.6 is 11.8 Å². The Balaban J connectivity index is 1.68. The Morgan fingerprint density at radius 2 is 2.21 bits per heavy atom. The number of nitrogens with two attached hydrogens (primary N) is 1. The van der Waals surface area contributed by atoms with Gasteiger partial charge in [-0.15, -0.1) is 5.10 Å². The first kappa shape index (κ1) is 21.6. The van der Waals surface area contributed by atoms with E-state index >= 15 is 0 Å². The molecule has 0 radical (unpaired) electrons. The molecular weight excluding hydrogens is 418 g/mol. The zero-order valence-corrected chi connectivity index (χ0v) is 17.7. The van der Waals surface area contributed by atoms with Crippen LogP contribution < -0.4 is 16.1 Å². The molecule has 12 heteroatoms. The van der Waals surface area contributed by atoms with Crippen LogP contribution in [0.25, 0.3) is 0 Å². The normalized spacial score (nSPS) is 16.9. The third-order valence-corrected chi connectivity index (χ3v) is 6.58. The number of sulfonamides is 1. The number of H-pyrrole nitrogens is 1. The molecule has 4 N–H and O–H groups in total. The second kappa shape index (κ2) is 8.69. The Morgan fingerprint density at radius 1 is 1.45 bits per heavy atom. The van der Waals surface area contributed by atoms with Gasteiger partial charge < -0.3 is 10.1 Å². The molecule has 1 aromatic carbocycles. The van der Waals surface area contributed by atoms with Crippen molar-refractivity contribution >= 4 is 33.4 Å². The zero-order chi connectivity index (χ0) is 21.2. The largest absolute Gasteiger partial charge is 0.376 e. The number of carbonyl (C=O) groups is 1. The molecule has 0 spiro atoms. The summed E-state index contributed by atoms with van der Waals surface area (Å²) in [6.07, 6.45) is 1.80. The van der Waals surface area contributed by atoms with Crippen molar-refractivity contribution in [2.45, 2.75) is 49.4 Å². The first-order valence-corrected chi connectivity index (χ1v) is 11.5. The molecule has 2 aromatic rings. The number of aromatic nitrogens is 3. The second-order valence-corrected chi connectivity index (χ2v) is 9.36. The van der Waals surface area contributed by atoms with Gasteiger partial charge in [-0.05, 0) is 49.9 Å². The van der Waals surface area contributed by atoms with E-state index in [9.17, 15) is 18.0 Å². The number of nitrogens with zero attached hydrogens (tertiary/aromatic N) is 2. The highest BCUT2D eigenvalue weighted by molar-refractivity contribution is 7.99. The SMILES string of the molecule is Cc1cc(S(N)(=O)=O)cc(NC(=O)CSc2n[nH]c(=O)n2CC2CCCO2)c1C. The zero-order valence-electron chi connectivity index (χ0n) is 16.1. The highest BCUT2D eigenvalue weighted by Crippen LogP contribution is 2.24. The van der Waals surface area contributed by atoms with Crippen molar-refractivity contribution in [1.82, 2.24) is 14.8 Å². The highest BCUT2D eigenvalue weighted by Gasteiger charge is 2.20. The lowest BCUT2D eigenvalue weighted by Crippen LogP contribution is -2.25. The standard InChI is InChI=1S/C17H23N5O5S2/c1-10-6-13(29(18,25)26)7-14(11(10)2)19-15(23)9-28-17-21-20-16(24)22(17)8-12-4-3-5-27-12/h6-7,12H,3-5,8-9H2,1-2H3,(H,19,23)(H,20,24)(H2,18,25,26). The third kappa shape index (κ3) is 5.26. The molecule has 1 atom stereocenters. The molecule has 1 aromatic heterocycles. The minimum atomic E-state index is -3.89. The van der Waals surface area contributed by atoms with Crippen molar-refractivity contribution < 1.29 is 17.9 Å². The molecule has 1 saturated heterocycles. The van der Waals surface area contributed by atoms with Crippen molar-refractivity contribution in [2.75, 3.05) is 17.7 Å². The van der Waals surface area contributed by atoms with Gasteiger partial charge in [0.2, 0.25) is 15.9 Å². The summed E-state index contributed by atoms with van der Waals surface area (Å²) in [7, 11) is -3.89. The number of nitrogens with one attached hydrogen (secondary N) is 2. The number of aryl methyl sites for hydroxylation is 1. The van der Waals surface area contributed by atoms with E-state index in [-0.39, 0.29) is 28.3 Å². The maximum Gasteiger partial charge on any atom is 0.344 e. The number of carbonyl (C=O) groups excluding carboxylic acids is 1. The van der Waals surface area contributed by atoms with Crippen LogP contribution in [0.4, 0.5) is 5.69 Å². The Hall–Kier alpha value is -2.15. The van der Waals surface area contributed by atoms with Crippen LogP contribution in [-0.4, -0.2) is 47.6 Å². The van der Waals surface area contributed by atoms with Crippen molar-refractivity contribution in [3.63, 3.8) is 0 Å². The van der Waals surface area contributed by atoms with E-state index in [1.807, 2.05) is 0 Å². The molecular formula is C17H23N5O5S2. The van der Waals surface area contributed by atoms with Gasteiger partial charge in [0.1, 0.15) is 0 Å². The Bertz CT molecular complexity index is 1070. The maximum absolute atomic E-state index is 12.4. The van der Waals surface area contributed by atoms with Crippen LogP contribution in [0.15, 0.2) is 27.0 Å². The maximum atomic E-state index is 12.4. The Kier molecular flexibility index (Phi) is 6.46.